The van der Waals surface area contributed by atoms with Crippen LogP contribution in [0.3, 0.4) is 0 Å². The molecule has 0 rings (SSSR count). The van der Waals surface area contributed by atoms with E-state index in [1.807, 2.05) is 0 Å². The number of hydrogen-bond acceptors (Lipinski definition) is 1. The van der Waals surface area contributed by atoms with Gasteiger partial charge >= 0.3 is 0 Å². The van der Waals surface area contributed by atoms with Gasteiger partial charge in [0.25, 0.3) is 0 Å². The summed E-state index contributed by atoms with van der Waals surface area (Å²) in [6.07, 6.45) is 3.20. The van der Waals surface area contributed by atoms with Gasteiger partial charge in [0, 0.05) is 0 Å². The van der Waals surface area contributed by atoms with Gasteiger partial charge in [-0.25, -0.2) is 0 Å². The highest BCUT2D eigenvalue weighted by molar-refractivity contribution is 8.02. The summed E-state index contributed by atoms with van der Waals surface area (Å²) in [5.74, 6) is 0. The average Bonchev–Trinajstić information content (AvgIpc) is 1.62. The molecule has 1 heteroatoms. The maximum Gasteiger partial charge on any atom is -0.0140 e. The molecule has 0 aliphatic heterocycles. The van der Waals surface area contributed by atoms with Crippen molar-refractivity contribution >= 4 is 11.8 Å². The van der Waals surface area contributed by atoms with Crippen molar-refractivity contribution < 1.29 is 0 Å². The van der Waals surface area contributed by atoms with Crippen LogP contribution in [0.2, 0.25) is 0 Å². The van der Waals surface area contributed by atoms with Crippen molar-refractivity contribution in [2.24, 2.45) is 5.41 Å². The lowest BCUT2D eigenvalue weighted by atomic mass is 9.92. The van der Waals surface area contributed by atoms with Gasteiger partial charge in [0.15, 0.2) is 0 Å². The Hall–Kier alpha value is 0.0900. The highest BCUT2D eigenvalue weighted by atomic mass is 32.2. The third-order valence-electron chi connectivity index (χ3n) is 1.02. The number of hydrogen-bond donors (Lipinski definition) is 0. The summed E-state index contributed by atoms with van der Waals surface area (Å²) >= 11 is 1.76. The first-order valence-electron chi connectivity index (χ1n) is 3.17. The van der Waals surface area contributed by atoms with E-state index in [1.54, 1.807) is 11.8 Å². The van der Waals surface area contributed by atoms with Crippen LogP contribution >= 0.6 is 11.8 Å². The Kier molecular flexibility index (Phi) is 3.34. The molecule has 0 heterocycles. The molecule has 0 aromatic heterocycles. The number of allylic oxidation sites excluding steroid dienone is 1. The summed E-state index contributed by atoms with van der Waals surface area (Å²) < 4.78 is 0. The molecule has 0 saturated heterocycles. The molecule has 0 aromatic rings. The van der Waals surface area contributed by atoms with Crippen LogP contribution in [0.4, 0.5) is 0 Å². The fourth-order valence-corrected chi connectivity index (χ4v) is 1.24. The van der Waals surface area contributed by atoms with Gasteiger partial charge in [-0.05, 0) is 23.0 Å². The van der Waals surface area contributed by atoms with E-state index in [0.717, 1.165) is 6.42 Å². The fraction of sp³-hybridized carbons (Fsp3) is 0.750. The van der Waals surface area contributed by atoms with Gasteiger partial charge in [-0.15, -0.1) is 11.8 Å². The second kappa shape index (κ2) is 3.31. The third-order valence-corrected chi connectivity index (χ3v) is 1.74. The fourth-order valence-electron chi connectivity index (χ4n) is 0.664. The smallest absolute Gasteiger partial charge is 0.0140 e. The Labute approximate surface area is 62.7 Å². The summed E-state index contributed by atoms with van der Waals surface area (Å²) in [6.45, 7) is 10.6. The minimum absolute atomic E-state index is 0.403. The molecular weight excluding hydrogens is 128 g/mol. The molecule has 0 nitrogen and oxygen atoms in total. The van der Waals surface area contributed by atoms with Crippen LogP contribution < -0.4 is 0 Å². The van der Waals surface area contributed by atoms with Gasteiger partial charge in [0.05, 0.1) is 0 Å². The molecule has 0 amide bonds. The summed E-state index contributed by atoms with van der Waals surface area (Å²) in [7, 11) is 0. The lowest BCUT2D eigenvalue weighted by Gasteiger charge is -2.17. The Balaban J connectivity index is 3.60. The highest BCUT2D eigenvalue weighted by Gasteiger charge is 2.10. The quantitative estimate of drug-likeness (QED) is 0.573. The first kappa shape index (κ1) is 9.09. The SMILES string of the molecule is C=C(CC(C)(C)C)SC. The molecule has 9 heavy (non-hydrogen) atoms. The van der Waals surface area contributed by atoms with E-state index < -0.39 is 0 Å². The largest absolute Gasteiger partial charge is 0.135 e. The first-order valence-corrected chi connectivity index (χ1v) is 4.40. The van der Waals surface area contributed by atoms with Gasteiger partial charge in [0.2, 0.25) is 0 Å². The van der Waals surface area contributed by atoms with Gasteiger partial charge in [-0.2, -0.15) is 0 Å². The minimum atomic E-state index is 0.403. The number of rotatable bonds is 2. The molecule has 0 aliphatic carbocycles. The minimum Gasteiger partial charge on any atom is -0.135 e. The Morgan fingerprint density at radius 3 is 2.00 bits per heavy atom. The molecular formula is C8H16S. The van der Waals surface area contributed by atoms with Crippen LogP contribution in [0.5, 0.6) is 0 Å². The predicted octanol–water partition coefficient (Wildman–Crippen LogP) is 3.30. The molecule has 0 fully saturated rings. The van der Waals surface area contributed by atoms with E-state index in [-0.39, 0.29) is 0 Å². The van der Waals surface area contributed by atoms with Crippen molar-refractivity contribution in [1.82, 2.24) is 0 Å². The molecule has 0 aromatic carbocycles. The Morgan fingerprint density at radius 1 is 1.44 bits per heavy atom. The second-order valence-corrected chi connectivity index (χ2v) is 4.47. The van der Waals surface area contributed by atoms with E-state index >= 15 is 0 Å². The molecule has 0 unspecified atom stereocenters. The lowest BCUT2D eigenvalue weighted by molar-refractivity contribution is 0.418. The van der Waals surface area contributed by atoms with E-state index in [4.69, 9.17) is 0 Å². The van der Waals surface area contributed by atoms with Crippen molar-refractivity contribution in [2.45, 2.75) is 27.2 Å². The summed E-state index contributed by atoms with van der Waals surface area (Å²) in [5, 5.41) is 0. The van der Waals surface area contributed by atoms with Gasteiger partial charge < -0.3 is 0 Å². The normalized spacial score (nSPS) is 11.6. The van der Waals surface area contributed by atoms with E-state index in [0.29, 0.717) is 5.41 Å². The van der Waals surface area contributed by atoms with Crippen LogP contribution in [0.25, 0.3) is 0 Å². The van der Waals surface area contributed by atoms with Crippen LogP contribution in [-0.4, -0.2) is 6.26 Å². The zero-order chi connectivity index (χ0) is 7.49. The van der Waals surface area contributed by atoms with Crippen LogP contribution in [-0.2, 0) is 0 Å². The highest BCUT2D eigenvalue weighted by Crippen LogP contribution is 2.27. The molecule has 0 saturated carbocycles. The molecule has 0 atom stereocenters. The maximum absolute atomic E-state index is 3.92. The monoisotopic (exact) mass is 144 g/mol. The third kappa shape index (κ3) is 5.97. The van der Waals surface area contributed by atoms with Crippen molar-refractivity contribution in [3.05, 3.63) is 11.5 Å². The van der Waals surface area contributed by atoms with Crippen molar-refractivity contribution in [3.8, 4) is 0 Å². The van der Waals surface area contributed by atoms with E-state index in [1.165, 1.54) is 4.91 Å². The first-order chi connectivity index (χ1) is 3.95. The second-order valence-electron chi connectivity index (χ2n) is 3.48. The van der Waals surface area contributed by atoms with Crippen molar-refractivity contribution in [2.75, 3.05) is 6.26 Å². The average molecular weight is 144 g/mol. The molecule has 0 bridgehead atoms. The van der Waals surface area contributed by atoms with E-state index in [2.05, 4.69) is 33.6 Å². The topological polar surface area (TPSA) is 0 Å². The van der Waals surface area contributed by atoms with E-state index in [9.17, 15) is 0 Å². The van der Waals surface area contributed by atoms with Crippen LogP contribution in [0.1, 0.15) is 27.2 Å². The van der Waals surface area contributed by atoms with Crippen LogP contribution in [0, 0.1) is 5.41 Å². The summed E-state index contributed by atoms with van der Waals surface area (Å²) in [5.41, 5.74) is 0.403. The molecule has 0 N–H and O–H groups in total. The standard InChI is InChI=1S/C8H16S/c1-7(9-5)6-8(2,3)4/h1,6H2,2-5H3. The molecule has 0 aliphatic rings. The molecule has 0 spiro atoms. The number of thioether (sulfide) groups is 1. The summed E-state index contributed by atoms with van der Waals surface area (Å²) in [4.78, 5) is 1.28. The van der Waals surface area contributed by atoms with Gasteiger partial charge in [0.1, 0.15) is 0 Å². The van der Waals surface area contributed by atoms with Gasteiger partial charge in [-0.3, -0.25) is 0 Å². The van der Waals surface area contributed by atoms with Crippen molar-refractivity contribution in [3.63, 3.8) is 0 Å². The summed E-state index contributed by atoms with van der Waals surface area (Å²) in [6, 6.07) is 0. The Morgan fingerprint density at radius 2 is 1.89 bits per heavy atom. The van der Waals surface area contributed by atoms with Gasteiger partial charge in [-0.1, -0.05) is 27.4 Å². The zero-order valence-electron chi connectivity index (χ0n) is 6.82. The lowest BCUT2D eigenvalue weighted by Crippen LogP contribution is -2.04. The molecule has 0 radical (unpaired) electrons. The molecule has 54 valence electrons. The predicted molar refractivity (Wildman–Crippen MR) is 46.7 cm³/mol. The van der Waals surface area contributed by atoms with Crippen LogP contribution in [0.15, 0.2) is 11.5 Å². The Bertz CT molecular complexity index is 97.6. The zero-order valence-corrected chi connectivity index (χ0v) is 7.64. The van der Waals surface area contributed by atoms with Crippen molar-refractivity contribution in [1.29, 1.82) is 0 Å². The maximum atomic E-state index is 3.92.